The SMILES string of the molecule is Cc1csc(CC(NN)c2ccc(C(F)(F)F)c(F)c2)n1. The minimum atomic E-state index is -4.71. The maximum absolute atomic E-state index is 13.6. The van der Waals surface area contributed by atoms with Gasteiger partial charge in [-0.05, 0) is 24.6 Å². The number of alkyl halides is 3. The predicted octanol–water partition coefficient (Wildman–Crippen LogP) is 3.36. The van der Waals surface area contributed by atoms with Crippen LogP contribution in [0.1, 0.15) is 27.9 Å². The molecular formula is C13H13F4N3S. The number of hydrogen-bond acceptors (Lipinski definition) is 4. The van der Waals surface area contributed by atoms with E-state index in [1.807, 2.05) is 12.3 Å². The lowest BCUT2D eigenvalue weighted by Crippen LogP contribution is -2.29. The summed E-state index contributed by atoms with van der Waals surface area (Å²) in [5, 5.41) is 2.63. The molecule has 2 rings (SSSR count). The smallest absolute Gasteiger partial charge is 0.271 e. The van der Waals surface area contributed by atoms with E-state index in [1.54, 1.807) is 0 Å². The molecule has 1 aromatic carbocycles. The molecule has 0 bridgehead atoms. The zero-order chi connectivity index (χ0) is 15.6. The summed E-state index contributed by atoms with van der Waals surface area (Å²) >= 11 is 1.42. The Morgan fingerprint density at radius 3 is 2.57 bits per heavy atom. The number of hydrogen-bond donors (Lipinski definition) is 2. The number of nitrogens with two attached hydrogens (primary N) is 1. The third-order valence-corrected chi connectivity index (χ3v) is 3.94. The van der Waals surface area contributed by atoms with Gasteiger partial charge in [0.1, 0.15) is 5.82 Å². The molecule has 1 heterocycles. The van der Waals surface area contributed by atoms with Gasteiger partial charge in [0.05, 0.1) is 16.6 Å². The van der Waals surface area contributed by atoms with E-state index in [0.29, 0.717) is 12.0 Å². The van der Waals surface area contributed by atoms with Gasteiger partial charge in [0.2, 0.25) is 0 Å². The molecule has 0 amide bonds. The van der Waals surface area contributed by atoms with Crippen LogP contribution in [-0.4, -0.2) is 4.98 Å². The van der Waals surface area contributed by atoms with Crippen LogP contribution in [0.3, 0.4) is 0 Å². The summed E-state index contributed by atoms with van der Waals surface area (Å²) < 4.78 is 51.2. The summed E-state index contributed by atoms with van der Waals surface area (Å²) in [4.78, 5) is 4.25. The van der Waals surface area contributed by atoms with Crippen molar-refractivity contribution in [2.75, 3.05) is 0 Å². The van der Waals surface area contributed by atoms with E-state index < -0.39 is 23.6 Å². The summed E-state index contributed by atoms with van der Waals surface area (Å²) in [6, 6.07) is 2.29. The van der Waals surface area contributed by atoms with Crippen LogP contribution in [0.2, 0.25) is 0 Å². The molecule has 0 saturated carbocycles. The summed E-state index contributed by atoms with van der Waals surface area (Å²) in [6.45, 7) is 1.84. The molecule has 0 radical (unpaired) electrons. The van der Waals surface area contributed by atoms with Crippen molar-refractivity contribution in [3.05, 3.63) is 51.2 Å². The van der Waals surface area contributed by atoms with Crippen molar-refractivity contribution in [1.29, 1.82) is 0 Å². The van der Waals surface area contributed by atoms with Crippen LogP contribution in [-0.2, 0) is 12.6 Å². The number of nitrogens with one attached hydrogen (secondary N) is 1. The Kier molecular flexibility index (Phi) is 4.60. The minimum absolute atomic E-state index is 0.343. The Morgan fingerprint density at radius 2 is 2.10 bits per heavy atom. The maximum atomic E-state index is 13.6. The normalized spacial score (nSPS) is 13.4. The standard InChI is InChI=1S/C13H13F4N3S/c1-7-6-21-12(19-7)5-11(20-18)8-2-3-9(10(14)4-8)13(15,16)17/h2-4,6,11,20H,5,18H2,1H3. The number of rotatable bonds is 4. The Labute approximate surface area is 122 Å². The van der Waals surface area contributed by atoms with Crippen LogP contribution in [0.25, 0.3) is 0 Å². The number of nitrogens with zero attached hydrogens (tertiary/aromatic N) is 1. The van der Waals surface area contributed by atoms with Gasteiger partial charge < -0.3 is 0 Å². The lowest BCUT2D eigenvalue weighted by atomic mass is 10.0. The fourth-order valence-corrected chi connectivity index (χ4v) is 2.74. The van der Waals surface area contributed by atoms with Gasteiger partial charge in [0.15, 0.2) is 0 Å². The molecule has 3 nitrogen and oxygen atoms in total. The fourth-order valence-electron chi connectivity index (χ4n) is 1.92. The highest BCUT2D eigenvalue weighted by atomic mass is 32.1. The van der Waals surface area contributed by atoms with E-state index in [2.05, 4.69) is 10.4 Å². The van der Waals surface area contributed by atoms with E-state index in [-0.39, 0.29) is 0 Å². The molecule has 0 saturated heterocycles. The van der Waals surface area contributed by atoms with Crippen molar-refractivity contribution in [3.63, 3.8) is 0 Å². The van der Waals surface area contributed by atoms with E-state index in [9.17, 15) is 17.6 Å². The van der Waals surface area contributed by atoms with Gasteiger partial charge in [-0.3, -0.25) is 11.3 Å². The molecule has 114 valence electrons. The molecule has 3 N–H and O–H groups in total. The first-order valence-electron chi connectivity index (χ1n) is 6.05. The van der Waals surface area contributed by atoms with Crippen molar-refractivity contribution >= 4 is 11.3 Å². The van der Waals surface area contributed by atoms with Gasteiger partial charge in [-0.2, -0.15) is 13.2 Å². The molecule has 0 aliphatic rings. The average Bonchev–Trinajstić information content (AvgIpc) is 2.80. The van der Waals surface area contributed by atoms with Crippen LogP contribution in [0.15, 0.2) is 23.6 Å². The first kappa shape index (κ1) is 15.9. The van der Waals surface area contributed by atoms with Crippen LogP contribution in [0, 0.1) is 12.7 Å². The molecule has 8 heteroatoms. The lowest BCUT2D eigenvalue weighted by Gasteiger charge is -2.16. The Morgan fingerprint density at radius 1 is 1.38 bits per heavy atom. The predicted molar refractivity (Wildman–Crippen MR) is 72.0 cm³/mol. The maximum Gasteiger partial charge on any atom is 0.419 e. The van der Waals surface area contributed by atoms with Gasteiger partial charge in [0.25, 0.3) is 0 Å². The number of hydrazine groups is 1. The van der Waals surface area contributed by atoms with Crippen molar-refractivity contribution in [2.45, 2.75) is 25.6 Å². The summed E-state index contributed by atoms with van der Waals surface area (Å²) in [6.07, 6.45) is -4.33. The van der Waals surface area contributed by atoms with E-state index in [1.165, 1.54) is 17.4 Å². The van der Waals surface area contributed by atoms with Crippen molar-refractivity contribution in [3.8, 4) is 0 Å². The third-order valence-electron chi connectivity index (χ3n) is 2.95. The third kappa shape index (κ3) is 3.78. The van der Waals surface area contributed by atoms with Crippen LogP contribution < -0.4 is 11.3 Å². The number of aromatic nitrogens is 1. The van der Waals surface area contributed by atoms with E-state index in [4.69, 9.17) is 5.84 Å². The highest BCUT2D eigenvalue weighted by Crippen LogP contribution is 2.32. The summed E-state index contributed by atoms with van der Waals surface area (Å²) in [7, 11) is 0. The van der Waals surface area contributed by atoms with Crippen molar-refractivity contribution < 1.29 is 17.6 Å². The zero-order valence-corrected chi connectivity index (χ0v) is 11.9. The number of halogens is 4. The fraction of sp³-hybridized carbons (Fsp3) is 0.308. The van der Waals surface area contributed by atoms with Crippen LogP contribution in [0.4, 0.5) is 17.6 Å². The lowest BCUT2D eigenvalue weighted by molar-refractivity contribution is -0.140. The molecule has 0 aliphatic carbocycles. The number of benzene rings is 1. The highest BCUT2D eigenvalue weighted by Gasteiger charge is 2.34. The number of aryl methyl sites for hydroxylation is 1. The Bertz CT molecular complexity index is 624. The largest absolute Gasteiger partial charge is 0.419 e. The van der Waals surface area contributed by atoms with Gasteiger partial charge in [-0.1, -0.05) is 6.07 Å². The molecule has 0 fully saturated rings. The van der Waals surface area contributed by atoms with Gasteiger partial charge in [0, 0.05) is 17.5 Å². The molecule has 1 unspecified atom stereocenters. The van der Waals surface area contributed by atoms with Gasteiger partial charge in [-0.15, -0.1) is 11.3 Å². The summed E-state index contributed by atoms with van der Waals surface area (Å²) in [5.41, 5.74) is 2.39. The molecule has 2 aromatic rings. The molecular weight excluding hydrogens is 306 g/mol. The topological polar surface area (TPSA) is 50.9 Å². The quantitative estimate of drug-likeness (QED) is 0.516. The second kappa shape index (κ2) is 6.08. The second-order valence-electron chi connectivity index (χ2n) is 4.54. The van der Waals surface area contributed by atoms with Crippen molar-refractivity contribution in [1.82, 2.24) is 10.4 Å². The molecule has 0 spiro atoms. The Balaban J connectivity index is 2.24. The molecule has 1 atom stereocenters. The monoisotopic (exact) mass is 319 g/mol. The Hall–Kier alpha value is -1.51. The van der Waals surface area contributed by atoms with E-state index >= 15 is 0 Å². The first-order valence-corrected chi connectivity index (χ1v) is 6.93. The van der Waals surface area contributed by atoms with E-state index in [0.717, 1.165) is 22.8 Å². The van der Waals surface area contributed by atoms with Crippen LogP contribution >= 0.6 is 11.3 Å². The van der Waals surface area contributed by atoms with Crippen LogP contribution in [0.5, 0.6) is 0 Å². The number of thiazole rings is 1. The zero-order valence-electron chi connectivity index (χ0n) is 11.0. The van der Waals surface area contributed by atoms with Gasteiger partial charge >= 0.3 is 6.18 Å². The minimum Gasteiger partial charge on any atom is -0.271 e. The summed E-state index contributed by atoms with van der Waals surface area (Å²) in [5.74, 6) is 4.11. The molecule has 1 aromatic heterocycles. The molecule has 0 aliphatic heterocycles. The second-order valence-corrected chi connectivity index (χ2v) is 5.49. The van der Waals surface area contributed by atoms with Gasteiger partial charge in [-0.25, -0.2) is 9.37 Å². The molecule has 21 heavy (non-hydrogen) atoms. The first-order chi connectivity index (χ1) is 9.81. The highest BCUT2D eigenvalue weighted by molar-refractivity contribution is 7.09. The van der Waals surface area contributed by atoms with Crippen molar-refractivity contribution in [2.24, 2.45) is 5.84 Å². The average molecular weight is 319 g/mol.